The summed E-state index contributed by atoms with van der Waals surface area (Å²) in [7, 11) is -3.28. The topological polar surface area (TPSA) is 63.2 Å². The van der Waals surface area contributed by atoms with E-state index in [1.54, 1.807) is 6.07 Å². The lowest BCUT2D eigenvalue weighted by Gasteiger charge is -2.14. The molecule has 0 bridgehead atoms. The second-order valence-corrected chi connectivity index (χ2v) is 7.27. The van der Waals surface area contributed by atoms with Gasteiger partial charge in [0, 0.05) is 16.8 Å². The predicted octanol–water partition coefficient (Wildman–Crippen LogP) is 1.82. The van der Waals surface area contributed by atoms with E-state index in [-0.39, 0.29) is 11.8 Å². The molecule has 0 saturated heterocycles. The van der Waals surface area contributed by atoms with E-state index in [0.29, 0.717) is 11.4 Å². The van der Waals surface area contributed by atoms with Crippen molar-refractivity contribution >= 4 is 27.3 Å². The van der Waals surface area contributed by atoms with Crippen molar-refractivity contribution in [2.75, 3.05) is 11.5 Å². The molecule has 19 heavy (non-hydrogen) atoms. The second kappa shape index (κ2) is 6.91. The third-order valence-electron chi connectivity index (χ3n) is 2.63. The molecule has 0 saturated carbocycles. The zero-order valence-electron chi connectivity index (χ0n) is 11.0. The third kappa shape index (κ3) is 6.07. The van der Waals surface area contributed by atoms with Crippen LogP contribution in [0.15, 0.2) is 24.3 Å². The molecule has 6 heteroatoms. The zero-order chi connectivity index (χ0) is 14.5. The minimum Gasteiger partial charge on any atom is -0.352 e. The number of benzene rings is 1. The van der Waals surface area contributed by atoms with Crippen molar-refractivity contribution in [2.45, 2.75) is 26.3 Å². The van der Waals surface area contributed by atoms with Gasteiger partial charge in [0.05, 0.1) is 0 Å². The minimum atomic E-state index is -3.28. The Bertz CT molecular complexity index is 543. The van der Waals surface area contributed by atoms with E-state index in [1.807, 2.05) is 25.1 Å². The average Bonchev–Trinajstić information content (AvgIpc) is 2.27. The first-order chi connectivity index (χ1) is 8.82. The van der Waals surface area contributed by atoms with Crippen LogP contribution in [0.4, 0.5) is 0 Å². The van der Waals surface area contributed by atoms with Crippen LogP contribution in [0.2, 0.25) is 5.02 Å². The van der Waals surface area contributed by atoms with Gasteiger partial charge < -0.3 is 5.32 Å². The van der Waals surface area contributed by atoms with Crippen molar-refractivity contribution in [1.29, 1.82) is 0 Å². The lowest BCUT2D eigenvalue weighted by Crippen LogP contribution is -2.38. The first-order valence-corrected chi connectivity index (χ1v) is 8.26. The number of amides is 1. The van der Waals surface area contributed by atoms with Crippen molar-refractivity contribution < 1.29 is 13.2 Å². The van der Waals surface area contributed by atoms with E-state index in [2.05, 4.69) is 5.32 Å². The molecule has 4 nitrogen and oxygen atoms in total. The van der Waals surface area contributed by atoms with E-state index in [4.69, 9.17) is 11.6 Å². The second-order valence-electron chi connectivity index (χ2n) is 4.48. The van der Waals surface area contributed by atoms with Gasteiger partial charge in [-0.2, -0.15) is 0 Å². The summed E-state index contributed by atoms with van der Waals surface area (Å²) in [6.45, 7) is 3.36. The van der Waals surface area contributed by atoms with Gasteiger partial charge in [0.2, 0.25) is 5.91 Å². The SMILES string of the molecule is CCS(=O)(=O)CC(=O)N[C@H](C)Cc1cccc(Cl)c1. The van der Waals surface area contributed by atoms with E-state index in [9.17, 15) is 13.2 Å². The van der Waals surface area contributed by atoms with E-state index in [0.717, 1.165) is 5.56 Å². The van der Waals surface area contributed by atoms with Crippen LogP contribution >= 0.6 is 11.6 Å². The number of hydrogen-bond acceptors (Lipinski definition) is 3. The van der Waals surface area contributed by atoms with Crippen molar-refractivity contribution in [3.63, 3.8) is 0 Å². The van der Waals surface area contributed by atoms with Gasteiger partial charge in [-0.3, -0.25) is 4.79 Å². The van der Waals surface area contributed by atoms with Crippen LogP contribution in [-0.2, 0) is 21.1 Å². The molecule has 1 rings (SSSR count). The molecule has 0 aliphatic carbocycles. The summed E-state index contributed by atoms with van der Waals surface area (Å²) in [4.78, 5) is 11.6. The number of nitrogens with one attached hydrogen (secondary N) is 1. The van der Waals surface area contributed by atoms with Crippen molar-refractivity contribution in [2.24, 2.45) is 0 Å². The molecule has 106 valence electrons. The van der Waals surface area contributed by atoms with Gasteiger partial charge in [0.1, 0.15) is 5.75 Å². The van der Waals surface area contributed by atoms with Crippen molar-refractivity contribution in [3.05, 3.63) is 34.9 Å². The molecule has 0 aliphatic rings. The van der Waals surface area contributed by atoms with Gasteiger partial charge in [-0.1, -0.05) is 30.7 Å². The fourth-order valence-electron chi connectivity index (χ4n) is 1.69. The Kier molecular flexibility index (Phi) is 5.82. The maximum atomic E-state index is 11.6. The summed E-state index contributed by atoms with van der Waals surface area (Å²) in [6, 6.07) is 7.22. The van der Waals surface area contributed by atoms with Gasteiger partial charge >= 0.3 is 0 Å². The Morgan fingerprint density at radius 1 is 1.42 bits per heavy atom. The molecule has 0 aromatic heterocycles. The van der Waals surface area contributed by atoms with E-state index < -0.39 is 21.5 Å². The Balaban J connectivity index is 2.52. The number of rotatable bonds is 6. The predicted molar refractivity (Wildman–Crippen MR) is 77.1 cm³/mol. The largest absolute Gasteiger partial charge is 0.352 e. The molecule has 0 aliphatic heterocycles. The number of sulfone groups is 1. The van der Waals surface area contributed by atoms with Crippen molar-refractivity contribution in [1.82, 2.24) is 5.32 Å². The number of carbonyl (C=O) groups is 1. The molecule has 1 atom stereocenters. The lowest BCUT2D eigenvalue weighted by atomic mass is 10.1. The molecule has 1 N–H and O–H groups in total. The summed E-state index contributed by atoms with van der Waals surface area (Å²) in [5, 5.41) is 3.32. The Morgan fingerprint density at radius 2 is 2.11 bits per heavy atom. The molecule has 0 spiro atoms. The highest BCUT2D eigenvalue weighted by atomic mass is 35.5. The molecular weight excluding hydrogens is 286 g/mol. The maximum Gasteiger partial charge on any atom is 0.235 e. The van der Waals surface area contributed by atoms with Crippen LogP contribution in [0.5, 0.6) is 0 Å². The molecule has 1 aromatic carbocycles. The fraction of sp³-hybridized carbons (Fsp3) is 0.462. The van der Waals surface area contributed by atoms with Crippen LogP contribution in [0, 0.1) is 0 Å². The Morgan fingerprint density at radius 3 is 2.68 bits per heavy atom. The van der Waals surface area contributed by atoms with Gasteiger partial charge in [-0.25, -0.2) is 8.42 Å². The quantitative estimate of drug-likeness (QED) is 0.872. The molecular formula is C13H18ClNO3S. The minimum absolute atomic E-state index is 0.0247. The smallest absolute Gasteiger partial charge is 0.235 e. The lowest BCUT2D eigenvalue weighted by molar-refractivity contribution is -0.119. The van der Waals surface area contributed by atoms with Crippen LogP contribution in [-0.4, -0.2) is 31.9 Å². The summed E-state index contributed by atoms with van der Waals surface area (Å²) in [5.41, 5.74) is 0.999. The summed E-state index contributed by atoms with van der Waals surface area (Å²) < 4.78 is 22.6. The molecule has 0 radical (unpaired) electrons. The zero-order valence-corrected chi connectivity index (χ0v) is 12.6. The first-order valence-electron chi connectivity index (χ1n) is 6.06. The maximum absolute atomic E-state index is 11.6. The Hall–Kier alpha value is -1.07. The number of carbonyl (C=O) groups excluding carboxylic acids is 1. The van der Waals surface area contributed by atoms with Crippen LogP contribution in [0.3, 0.4) is 0 Å². The standard InChI is InChI=1S/C13H18ClNO3S/c1-3-19(17,18)9-13(16)15-10(2)7-11-5-4-6-12(14)8-11/h4-6,8,10H,3,7,9H2,1-2H3,(H,15,16)/t10-/m1/s1. The highest BCUT2D eigenvalue weighted by Gasteiger charge is 2.16. The molecule has 0 heterocycles. The number of hydrogen-bond donors (Lipinski definition) is 1. The average molecular weight is 304 g/mol. The van der Waals surface area contributed by atoms with Crippen LogP contribution < -0.4 is 5.32 Å². The van der Waals surface area contributed by atoms with Crippen LogP contribution in [0.25, 0.3) is 0 Å². The summed E-state index contributed by atoms with van der Waals surface area (Å²) >= 11 is 5.87. The third-order valence-corrected chi connectivity index (χ3v) is 4.45. The molecule has 1 amide bonds. The number of halogens is 1. The molecule has 0 fully saturated rings. The van der Waals surface area contributed by atoms with Crippen molar-refractivity contribution in [3.8, 4) is 0 Å². The molecule has 1 aromatic rings. The first kappa shape index (κ1) is 16.0. The Labute approximate surface area is 119 Å². The van der Waals surface area contributed by atoms with Crippen LogP contribution in [0.1, 0.15) is 19.4 Å². The monoisotopic (exact) mass is 303 g/mol. The van der Waals surface area contributed by atoms with Gasteiger partial charge in [-0.15, -0.1) is 0 Å². The summed E-state index contributed by atoms with van der Waals surface area (Å²) in [6.07, 6.45) is 0.610. The highest BCUT2D eigenvalue weighted by Crippen LogP contribution is 2.12. The fourth-order valence-corrected chi connectivity index (χ4v) is 2.59. The van der Waals surface area contributed by atoms with Gasteiger partial charge in [-0.05, 0) is 31.0 Å². The normalized spacial score (nSPS) is 13.0. The highest BCUT2D eigenvalue weighted by molar-refractivity contribution is 7.92. The van der Waals surface area contributed by atoms with Gasteiger partial charge in [0.25, 0.3) is 0 Å². The summed E-state index contributed by atoms with van der Waals surface area (Å²) in [5.74, 6) is -0.941. The van der Waals surface area contributed by atoms with E-state index in [1.165, 1.54) is 6.92 Å². The van der Waals surface area contributed by atoms with Gasteiger partial charge in [0.15, 0.2) is 9.84 Å². The van der Waals surface area contributed by atoms with E-state index >= 15 is 0 Å². The molecule has 0 unspecified atom stereocenters.